The van der Waals surface area contributed by atoms with Crippen molar-refractivity contribution in [2.75, 3.05) is 13.1 Å². The highest BCUT2D eigenvalue weighted by molar-refractivity contribution is 9.10. The lowest BCUT2D eigenvalue weighted by atomic mass is 10.1. The van der Waals surface area contributed by atoms with Gasteiger partial charge >= 0.3 is 0 Å². The monoisotopic (exact) mass is 327 g/mol. The molecule has 2 N–H and O–H groups in total. The summed E-state index contributed by atoms with van der Waals surface area (Å²) in [5.74, 6) is -0.275. The third kappa shape index (κ3) is 3.51. The molecule has 1 saturated heterocycles. The highest BCUT2D eigenvalue weighted by atomic mass is 79.9. The van der Waals surface area contributed by atoms with Crippen LogP contribution in [0.2, 0.25) is 0 Å². The Balaban J connectivity index is 2.13. The van der Waals surface area contributed by atoms with Gasteiger partial charge in [0.25, 0.3) is 11.6 Å². The van der Waals surface area contributed by atoms with Crippen LogP contribution in [0.25, 0.3) is 0 Å². The van der Waals surface area contributed by atoms with E-state index in [2.05, 4.69) is 26.6 Å². The van der Waals surface area contributed by atoms with Gasteiger partial charge in [0.2, 0.25) is 0 Å². The number of nitro groups is 1. The van der Waals surface area contributed by atoms with E-state index in [0.29, 0.717) is 10.0 Å². The Morgan fingerprint density at radius 1 is 1.42 bits per heavy atom. The maximum Gasteiger partial charge on any atom is 0.270 e. The molecule has 6 nitrogen and oxygen atoms in total. The van der Waals surface area contributed by atoms with Crippen LogP contribution in [0.4, 0.5) is 5.69 Å². The molecule has 0 aromatic heterocycles. The Morgan fingerprint density at radius 3 is 2.74 bits per heavy atom. The predicted octanol–water partition coefficient (Wildman–Crippen LogP) is 1.84. The largest absolute Gasteiger partial charge is 0.349 e. The Hall–Kier alpha value is -1.47. The molecular weight excluding hydrogens is 314 g/mol. The molecule has 1 aliphatic heterocycles. The Labute approximate surface area is 118 Å². The SMILES string of the molecule is O=C(NC1CCNCC1)c1cc([N+](=O)[O-])ccc1Br. The fraction of sp³-hybridized carbons (Fsp3) is 0.417. The Kier molecular flexibility index (Phi) is 4.49. The first-order valence-corrected chi connectivity index (χ1v) is 6.83. The van der Waals surface area contributed by atoms with Gasteiger partial charge in [-0.05, 0) is 47.9 Å². The molecule has 0 unspecified atom stereocenters. The lowest BCUT2D eigenvalue weighted by Gasteiger charge is -2.23. The summed E-state index contributed by atoms with van der Waals surface area (Å²) < 4.78 is 0.560. The lowest BCUT2D eigenvalue weighted by molar-refractivity contribution is -0.384. The molecule has 19 heavy (non-hydrogen) atoms. The number of hydrogen-bond acceptors (Lipinski definition) is 4. The van der Waals surface area contributed by atoms with E-state index in [9.17, 15) is 14.9 Å². The summed E-state index contributed by atoms with van der Waals surface area (Å²) in [5, 5.41) is 16.9. The molecule has 0 radical (unpaired) electrons. The van der Waals surface area contributed by atoms with E-state index in [-0.39, 0.29) is 17.6 Å². The van der Waals surface area contributed by atoms with Gasteiger partial charge in [0.1, 0.15) is 0 Å². The number of halogens is 1. The van der Waals surface area contributed by atoms with Crippen LogP contribution in [0.1, 0.15) is 23.2 Å². The molecule has 1 aliphatic rings. The highest BCUT2D eigenvalue weighted by Crippen LogP contribution is 2.22. The molecule has 0 atom stereocenters. The predicted molar refractivity (Wildman–Crippen MR) is 74.2 cm³/mol. The number of rotatable bonds is 3. The second-order valence-corrected chi connectivity index (χ2v) is 5.27. The zero-order chi connectivity index (χ0) is 13.8. The lowest BCUT2D eigenvalue weighted by Crippen LogP contribution is -2.42. The summed E-state index contributed by atoms with van der Waals surface area (Å²) in [4.78, 5) is 22.3. The van der Waals surface area contributed by atoms with Crippen LogP contribution >= 0.6 is 15.9 Å². The number of nitrogens with one attached hydrogen (secondary N) is 2. The van der Waals surface area contributed by atoms with Crippen LogP contribution in [-0.2, 0) is 0 Å². The van der Waals surface area contributed by atoms with Crippen molar-refractivity contribution >= 4 is 27.5 Å². The van der Waals surface area contributed by atoms with Crippen LogP contribution in [-0.4, -0.2) is 30.0 Å². The number of carbonyl (C=O) groups excluding carboxylic acids is 1. The third-order valence-corrected chi connectivity index (χ3v) is 3.77. The minimum Gasteiger partial charge on any atom is -0.349 e. The van der Waals surface area contributed by atoms with Crippen molar-refractivity contribution in [1.29, 1.82) is 0 Å². The summed E-state index contributed by atoms with van der Waals surface area (Å²) in [6, 6.07) is 4.31. The molecule has 1 aromatic carbocycles. The second kappa shape index (κ2) is 6.12. The molecule has 1 fully saturated rings. The molecule has 2 rings (SSSR count). The van der Waals surface area contributed by atoms with Crippen molar-refractivity contribution in [3.63, 3.8) is 0 Å². The molecule has 7 heteroatoms. The number of amides is 1. The average molecular weight is 328 g/mol. The number of carbonyl (C=O) groups is 1. The van der Waals surface area contributed by atoms with Gasteiger partial charge in [0.15, 0.2) is 0 Å². The fourth-order valence-corrected chi connectivity index (χ4v) is 2.46. The minimum absolute atomic E-state index is 0.0846. The van der Waals surface area contributed by atoms with E-state index in [4.69, 9.17) is 0 Å². The van der Waals surface area contributed by atoms with Gasteiger partial charge in [-0.2, -0.15) is 0 Å². The van der Waals surface area contributed by atoms with E-state index in [1.807, 2.05) is 0 Å². The van der Waals surface area contributed by atoms with E-state index in [0.717, 1.165) is 25.9 Å². The molecule has 1 amide bonds. The van der Waals surface area contributed by atoms with Crippen molar-refractivity contribution in [3.05, 3.63) is 38.3 Å². The zero-order valence-electron chi connectivity index (χ0n) is 10.2. The van der Waals surface area contributed by atoms with E-state index in [1.165, 1.54) is 18.2 Å². The minimum atomic E-state index is -0.506. The number of piperidine rings is 1. The van der Waals surface area contributed by atoms with Crippen molar-refractivity contribution in [2.45, 2.75) is 18.9 Å². The maximum absolute atomic E-state index is 12.1. The Morgan fingerprint density at radius 2 is 2.11 bits per heavy atom. The molecule has 1 heterocycles. The Bertz CT molecular complexity index is 501. The van der Waals surface area contributed by atoms with Crippen molar-refractivity contribution in [3.8, 4) is 0 Å². The van der Waals surface area contributed by atoms with Crippen LogP contribution in [0.3, 0.4) is 0 Å². The summed E-state index contributed by atoms with van der Waals surface area (Å²) in [5.41, 5.74) is 0.214. The maximum atomic E-state index is 12.1. The molecule has 0 spiro atoms. The first-order valence-electron chi connectivity index (χ1n) is 6.03. The molecule has 0 aliphatic carbocycles. The fourth-order valence-electron chi connectivity index (χ4n) is 2.03. The van der Waals surface area contributed by atoms with Crippen molar-refractivity contribution < 1.29 is 9.72 Å². The quantitative estimate of drug-likeness (QED) is 0.655. The second-order valence-electron chi connectivity index (χ2n) is 4.42. The van der Waals surface area contributed by atoms with E-state index >= 15 is 0 Å². The zero-order valence-corrected chi connectivity index (χ0v) is 11.8. The normalized spacial score (nSPS) is 16.1. The summed E-state index contributed by atoms with van der Waals surface area (Å²) in [6.07, 6.45) is 1.75. The van der Waals surface area contributed by atoms with Gasteiger partial charge in [0.05, 0.1) is 10.5 Å². The van der Waals surface area contributed by atoms with Gasteiger partial charge in [-0.1, -0.05) is 0 Å². The van der Waals surface area contributed by atoms with Gasteiger partial charge in [-0.15, -0.1) is 0 Å². The molecule has 1 aromatic rings. The van der Waals surface area contributed by atoms with Crippen molar-refractivity contribution in [2.24, 2.45) is 0 Å². The summed E-state index contributed by atoms with van der Waals surface area (Å²) in [6.45, 7) is 1.75. The van der Waals surface area contributed by atoms with Crippen molar-refractivity contribution in [1.82, 2.24) is 10.6 Å². The van der Waals surface area contributed by atoms with E-state index in [1.54, 1.807) is 0 Å². The van der Waals surface area contributed by atoms with Gasteiger partial charge in [0, 0.05) is 22.6 Å². The molecule has 102 valence electrons. The van der Waals surface area contributed by atoms with Crippen LogP contribution < -0.4 is 10.6 Å². The van der Waals surface area contributed by atoms with Crippen LogP contribution in [0.15, 0.2) is 22.7 Å². The summed E-state index contributed by atoms with van der Waals surface area (Å²) >= 11 is 3.25. The summed E-state index contributed by atoms with van der Waals surface area (Å²) in [7, 11) is 0. The first-order chi connectivity index (χ1) is 9.08. The van der Waals surface area contributed by atoms with Crippen LogP contribution in [0, 0.1) is 10.1 Å². The first kappa shape index (κ1) is 14.0. The van der Waals surface area contributed by atoms with Crippen LogP contribution in [0.5, 0.6) is 0 Å². The number of non-ortho nitro benzene ring substituents is 1. The average Bonchev–Trinajstić information content (AvgIpc) is 2.40. The van der Waals surface area contributed by atoms with Gasteiger partial charge < -0.3 is 10.6 Å². The van der Waals surface area contributed by atoms with Gasteiger partial charge in [-0.25, -0.2) is 0 Å². The van der Waals surface area contributed by atoms with Gasteiger partial charge in [-0.3, -0.25) is 14.9 Å². The number of hydrogen-bond donors (Lipinski definition) is 2. The van der Waals surface area contributed by atoms with E-state index < -0.39 is 4.92 Å². The molecular formula is C12H14BrN3O3. The number of nitro benzene ring substituents is 1. The topological polar surface area (TPSA) is 84.3 Å². The standard InChI is InChI=1S/C12H14BrN3O3/c13-11-2-1-9(16(18)19)7-10(11)12(17)15-8-3-5-14-6-4-8/h1-2,7-8,14H,3-6H2,(H,15,17). The molecule has 0 saturated carbocycles. The number of nitrogens with zero attached hydrogens (tertiary/aromatic N) is 1. The number of benzene rings is 1. The molecule has 0 bridgehead atoms. The smallest absolute Gasteiger partial charge is 0.270 e. The third-order valence-electron chi connectivity index (χ3n) is 3.08. The highest BCUT2D eigenvalue weighted by Gasteiger charge is 2.20.